The average molecular weight is 545 g/mol. The van der Waals surface area contributed by atoms with Gasteiger partial charge in [0.05, 0.1) is 5.69 Å². The number of phenols is 2. The van der Waals surface area contributed by atoms with Crippen LogP contribution in [0.4, 0.5) is 0 Å². The van der Waals surface area contributed by atoms with E-state index in [4.69, 9.17) is 9.84 Å². The molecule has 0 saturated carbocycles. The molecular weight excluding hydrogens is 504 g/mol. The van der Waals surface area contributed by atoms with Gasteiger partial charge in [0.15, 0.2) is 0 Å². The van der Waals surface area contributed by atoms with Gasteiger partial charge in [0, 0.05) is 30.4 Å². The van der Waals surface area contributed by atoms with E-state index in [0.29, 0.717) is 6.54 Å². The number of hydrogen-bond acceptors (Lipinski definition) is 5. The van der Waals surface area contributed by atoms with Crippen molar-refractivity contribution in [2.45, 2.75) is 52.5 Å². The number of fused-ring (bicyclic) bond motifs is 1. The second kappa shape index (κ2) is 13.9. The Morgan fingerprint density at radius 1 is 0.875 bits per heavy atom. The number of aromatic hydroxyl groups is 2. The molecule has 3 N–H and O–H groups in total. The molecule has 0 unspecified atom stereocenters. The summed E-state index contributed by atoms with van der Waals surface area (Å²) in [7, 11) is 0. The van der Waals surface area contributed by atoms with Crippen molar-refractivity contribution >= 4 is 16.9 Å². The molecule has 4 aromatic rings. The molecule has 0 amide bonds. The van der Waals surface area contributed by atoms with E-state index >= 15 is 0 Å². The van der Waals surface area contributed by atoms with Crippen LogP contribution in [0.1, 0.15) is 50.2 Å². The van der Waals surface area contributed by atoms with E-state index in [-0.39, 0.29) is 17.9 Å². The van der Waals surface area contributed by atoms with Crippen molar-refractivity contribution in [2.75, 3.05) is 26.2 Å². The van der Waals surface area contributed by atoms with Gasteiger partial charge in [-0.05, 0) is 104 Å². The van der Waals surface area contributed by atoms with Gasteiger partial charge in [0.1, 0.15) is 23.9 Å². The first-order valence-electron chi connectivity index (χ1n) is 14.1. The number of aromatic nitrogens is 1. The van der Waals surface area contributed by atoms with Crippen LogP contribution in [0.5, 0.6) is 17.2 Å². The number of likely N-dealkylation sites (tertiary alicyclic amines) is 1. The Hall–Kier alpha value is -3.97. The van der Waals surface area contributed by atoms with Gasteiger partial charge in [0.2, 0.25) is 0 Å². The predicted molar refractivity (Wildman–Crippen MR) is 159 cm³/mol. The molecule has 0 radical (unpaired) electrons. The van der Waals surface area contributed by atoms with Gasteiger partial charge >= 0.3 is 5.97 Å². The van der Waals surface area contributed by atoms with Gasteiger partial charge in [-0.25, -0.2) is 0 Å². The van der Waals surface area contributed by atoms with Crippen LogP contribution in [0, 0.1) is 6.92 Å². The number of aliphatic carboxylic acids is 1. The minimum absolute atomic E-state index is 0.222. The Morgan fingerprint density at radius 3 is 2.12 bits per heavy atom. The first kappa shape index (κ1) is 29.0. The fraction of sp³-hybridized carbons (Fsp3) is 0.364. The monoisotopic (exact) mass is 544 g/mol. The molecule has 5 rings (SSSR count). The zero-order chi connectivity index (χ0) is 28.5. The van der Waals surface area contributed by atoms with Crippen molar-refractivity contribution in [3.05, 3.63) is 77.9 Å². The molecule has 1 fully saturated rings. The van der Waals surface area contributed by atoms with Gasteiger partial charge in [-0.1, -0.05) is 31.9 Å². The molecule has 7 heteroatoms. The van der Waals surface area contributed by atoms with Gasteiger partial charge in [0.25, 0.3) is 0 Å². The Labute approximate surface area is 236 Å². The van der Waals surface area contributed by atoms with Gasteiger partial charge in [-0.2, -0.15) is 0 Å². The summed E-state index contributed by atoms with van der Waals surface area (Å²) in [5.41, 5.74) is 5.47. The summed E-state index contributed by atoms with van der Waals surface area (Å²) in [6.45, 7) is 8.46. The average Bonchev–Trinajstić information content (AvgIpc) is 3.09. The van der Waals surface area contributed by atoms with E-state index < -0.39 is 5.97 Å². The molecule has 3 aromatic carbocycles. The molecule has 0 bridgehead atoms. The second-order valence-corrected chi connectivity index (χ2v) is 10.3. The predicted octanol–water partition coefficient (Wildman–Crippen LogP) is 6.81. The first-order chi connectivity index (χ1) is 19.4. The lowest BCUT2D eigenvalue weighted by Gasteiger charge is -2.19. The molecule has 0 spiro atoms. The smallest absolute Gasteiger partial charge is 0.303 e. The Bertz CT molecular complexity index is 1390. The SMILES string of the molecule is CCC(=O)O.Cc1c(-c2ccc(O)cc2)n(Cc2ccc(OCCN3CCCCCC3)cc2)c2ccc(O)cc12. The lowest BCUT2D eigenvalue weighted by molar-refractivity contribution is -0.136. The number of phenolic OH excluding ortho intramolecular Hbond substituents is 2. The standard InChI is InChI=1S/C30H34N2O3.C3H6O2/c1-22-28-20-26(34)12-15-29(28)32(30(22)24-8-10-25(33)11-9-24)21-23-6-13-27(14-7-23)35-19-18-31-16-4-2-3-5-17-31;1-2-3(4)5/h6-15,20,33-34H,2-5,16-19,21H2,1H3;2H2,1H3,(H,4,5). The number of nitrogens with zero attached hydrogens (tertiary/aromatic N) is 2. The third-order valence-electron chi connectivity index (χ3n) is 7.38. The summed E-state index contributed by atoms with van der Waals surface area (Å²) in [6.07, 6.45) is 5.53. The number of carboxylic acid groups (broad SMARTS) is 1. The number of carboxylic acids is 1. The van der Waals surface area contributed by atoms with Crippen LogP contribution >= 0.6 is 0 Å². The maximum atomic E-state index is 10.1. The number of benzene rings is 3. The molecule has 7 nitrogen and oxygen atoms in total. The molecule has 0 atom stereocenters. The van der Waals surface area contributed by atoms with E-state index in [9.17, 15) is 15.0 Å². The fourth-order valence-electron chi connectivity index (χ4n) is 5.19. The maximum absolute atomic E-state index is 10.1. The molecule has 212 valence electrons. The van der Waals surface area contributed by atoms with E-state index in [0.717, 1.165) is 46.6 Å². The summed E-state index contributed by atoms with van der Waals surface area (Å²) < 4.78 is 8.33. The molecule has 1 saturated heterocycles. The molecule has 1 aliphatic heterocycles. The largest absolute Gasteiger partial charge is 0.508 e. The third kappa shape index (κ3) is 7.57. The fourth-order valence-corrected chi connectivity index (χ4v) is 5.19. The van der Waals surface area contributed by atoms with Crippen LogP contribution in [0.15, 0.2) is 66.7 Å². The highest BCUT2D eigenvalue weighted by Crippen LogP contribution is 2.36. The Morgan fingerprint density at radius 2 is 1.50 bits per heavy atom. The quantitative estimate of drug-likeness (QED) is 0.226. The molecule has 2 heterocycles. The summed E-state index contributed by atoms with van der Waals surface area (Å²) >= 11 is 0. The van der Waals surface area contributed by atoms with Gasteiger partial charge in [-0.3, -0.25) is 9.69 Å². The van der Waals surface area contributed by atoms with E-state index in [1.165, 1.54) is 44.3 Å². The third-order valence-corrected chi connectivity index (χ3v) is 7.38. The molecule has 1 aromatic heterocycles. The lowest BCUT2D eigenvalue weighted by atomic mass is 10.1. The molecule has 1 aliphatic rings. The van der Waals surface area contributed by atoms with Crippen molar-refractivity contribution in [2.24, 2.45) is 0 Å². The van der Waals surface area contributed by atoms with Crippen molar-refractivity contribution in [1.29, 1.82) is 0 Å². The second-order valence-electron chi connectivity index (χ2n) is 10.3. The summed E-state index contributed by atoms with van der Waals surface area (Å²) in [5.74, 6) is 0.667. The van der Waals surface area contributed by atoms with Crippen molar-refractivity contribution < 1.29 is 24.9 Å². The summed E-state index contributed by atoms with van der Waals surface area (Å²) in [5, 5.41) is 28.6. The number of ether oxygens (including phenoxy) is 1. The topological polar surface area (TPSA) is 95.2 Å². The number of rotatable bonds is 8. The van der Waals surface area contributed by atoms with Crippen LogP contribution in [-0.2, 0) is 11.3 Å². The lowest BCUT2D eigenvalue weighted by Crippen LogP contribution is -2.29. The highest BCUT2D eigenvalue weighted by Gasteiger charge is 2.17. The van der Waals surface area contributed by atoms with Crippen molar-refractivity contribution in [3.8, 4) is 28.5 Å². The Balaban J connectivity index is 0.000000681. The maximum Gasteiger partial charge on any atom is 0.303 e. The highest BCUT2D eigenvalue weighted by molar-refractivity contribution is 5.92. The summed E-state index contributed by atoms with van der Waals surface area (Å²) in [4.78, 5) is 11.9. The van der Waals surface area contributed by atoms with E-state index in [1.807, 2.05) is 24.3 Å². The highest BCUT2D eigenvalue weighted by atomic mass is 16.5. The minimum Gasteiger partial charge on any atom is -0.508 e. The molecule has 40 heavy (non-hydrogen) atoms. The zero-order valence-electron chi connectivity index (χ0n) is 23.5. The van der Waals surface area contributed by atoms with Crippen molar-refractivity contribution in [3.63, 3.8) is 0 Å². The van der Waals surface area contributed by atoms with Gasteiger partial charge < -0.3 is 24.6 Å². The van der Waals surface area contributed by atoms with E-state index in [2.05, 4.69) is 40.7 Å². The number of aryl methyl sites for hydroxylation is 1. The van der Waals surface area contributed by atoms with Crippen LogP contribution < -0.4 is 4.74 Å². The number of carbonyl (C=O) groups is 1. The normalized spacial score (nSPS) is 13.8. The van der Waals surface area contributed by atoms with Crippen LogP contribution in [0.25, 0.3) is 22.2 Å². The van der Waals surface area contributed by atoms with Crippen LogP contribution in [-0.4, -0.2) is 57.0 Å². The minimum atomic E-state index is -0.745. The molecular formula is C33H40N2O5. The van der Waals surface area contributed by atoms with Crippen LogP contribution in [0.2, 0.25) is 0 Å². The van der Waals surface area contributed by atoms with E-state index in [1.54, 1.807) is 25.1 Å². The number of hydrogen-bond donors (Lipinski definition) is 3. The van der Waals surface area contributed by atoms with Crippen molar-refractivity contribution in [1.82, 2.24) is 9.47 Å². The van der Waals surface area contributed by atoms with Crippen LogP contribution in [0.3, 0.4) is 0 Å². The van der Waals surface area contributed by atoms with Gasteiger partial charge in [-0.15, -0.1) is 0 Å². The summed E-state index contributed by atoms with van der Waals surface area (Å²) in [6, 6.07) is 21.2. The molecule has 0 aliphatic carbocycles. The zero-order valence-corrected chi connectivity index (χ0v) is 23.5. The Kier molecular flexibility index (Phi) is 10.1. The first-order valence-corrected chi connectivity index (χ1v) is 14.1.